The number of oxime groups is 1. The molecule has 13 heavy (non-hydrogen) atoms. The minimum absolute atomic E-state index is 0.415. The second-order valence-corrected chi connectivity index (χ2v) is 5.91. The van der Waals surface area contributed by atoms with Crippen LogP contribution in [0.3, 0.4) is 0 Å². The molecule has 0 amide bonds. The highest BCUT2D eigenvalue weighted by atomic mass is 33.1. The smallest absolute Gasteiger partial charge is 0.320 e. The molecular formula is C6H13NO4S2. The van der Waals surface area contributed by atoms with Crippen molar-refractivity contribution in [3.05, 3.63) is 0 Å². The summed E-state index contributed by atoms with van der Waals surface area (Å²) in [7, 11) is -3.58. The molecule has 0 aliphatic rings. The van der Waals surface area contributed by atoms with Crippen LogP contribution in [0.1, 0.15) is 20.8 Å². The van der Waals surface area contributed by atoms with Gasteiger partial charge in [0.25, 0.3) is 0 Å². The van der Waals surface area contributed by atoms with Gasteiger partial charge in [0.05, 0.1) is 11.0 Å². The highest BCUT2D eigenvalue weighted by Gasteiger charge is 2.16. The standard InChI is InChI=1S/C6H13NO4S2/c1-4-11-7-5(2)6(3)12-13(8,9)10/h6H,4H2,1-3H3,(H,8,9,10)/b7-5+/t6-/m0/s1. The van der Waals surface area contributed by atoms with Crippen LogP contribution in [0.5, 0.6) is 0 Å². The summed E-state index contributed by atoms with van der Waals surface area (Å²) in [5.74, 6) is 0. The molecule has 0 aromatic heterocycles. The Kier molecular flexibility index (Phi) is 5.34. The first-order valence-corrected chi connectivity index (χ1v) is 6.52. The maximum absolute atomic E-state index is 10.4. The van der Waals surface area contributed by atoms with Crippen molar-refractivity contribution in [1.82, 2.24) is 0 Å². The highest BCUT2D eigenvalue weighted by Crippen LogP contribution is 2.18. The Balaban J connectivity index is 4.19. The highest BCUT2D eigenvalue weighted by molar-refractivity contribution is 8.70. The van der Waals surface area contributed by atoms with Crippen molar-refractivity contribution >= 4 is 25.7 Å². The van der Waals surface area contributed by atoms with Gasteiger partial charge in [0.15, 0.2) is 0 Å². The second kappa shape index (κ2) is 5.46. The summed E-state index contributed by atoms with van der Waals surface area (Å²) in [6.07, 6.45) is 0. The van der Waals surface area contributed by atoms with Crippen molar-refractivity contribution in [2.75, 3.05) is 6.61 Å². The molecular weight excluding hydrogens is 214 g/mol. The molecule has 5 nitrogen and oxygen atoms in total. The van der Waals surface area contributed by atoms with E-state index in [-0.39, 0.29) is 0 Å². The van der Waals surface area contributed by atoms with Crippen molar-refractivity contribution in [2.45, 2.75) is 26.0 Å². The van der Waals surface area contributed by atoms with E-state index >= 15 is 0 Å². The first kappa shape index (κ1) is 12.7. The Morgan fingerprint density at radius 3 is 2.62 bits per heavy atom. The zero-order valence-corrected chi connectivity index (χ0v) is 9.35. The van der Waals surface area contributed by atoms with Gasteiger partial charge in [-0.05, 0) is 20.8 Å². The molecule has 0 saturated carbocycles. The molecule has 0 aliphatic heterocycles. The number of rotatable bonds is 5. The Bertz CT molecular complexity index is 272. The van der Waals surface area contributed by atoms with E-state index < -0.39 is 14.4 Å². The average Bonchev–Trinajstić information content (AvgIpc) is 1.96. The van der Waals surface area contributed by atoms with Crippen LogP contribution in [0.2, 0.25) is 0 Å². The summed E-state index contributed by atoms with van der Waals surface area (Å²) in [5.41, 5.74) is 0.518. The Morgan fingerprint density at radius 2 is 2.23 bits per heavy atom. The van der Waals surface area contributed by atoms with Gasteiger partial charge in [-0.15, -0.1) is 0 Å². The number of nitrogens with zero attached hydrogens (tertiary/aromatic N) is 1. The van der Waals surface area contributed by atoms with Crippen LogP contribution in [0, 0.1) is 0 Å². The predicted octanol–water partition coefficient (Wildman–Crippen LogP) is 1.32. The lowest BCUT2D eigenvalue weighted by Crippen LogP contribution is -2.12. The van der Waals surface area contributed by atoms with Gasteiger partial charge in [0.2, 0.25) is 0 Å². The lowest BCUT2D eigenvalue weighted by Gasteiger charge is -2.06. The molecule has 0 spiro atoms. The van der Waals surface area contributed by atoms with E-state index in [1.54, 1.807) is 20.8 Å². The Hall–Kier alpha value is -0.270. The molecule has 0 bridgehead atoms. The fraction of sp³-hybridized carbons (Fsp3) is 0.833. The van der Waals surface area contributed by atoms with E-state index in [0.29, 0.717) is 23.1 Å². The summed E-state index contributed by atoms with van der Waals surface area (Å²) >= 11 is 0. The fourth-order valence-corrected chi connectivity index (χ4v) is 2.55. The van der Waals surface area contributed by atoms with Crippen LogP contribution in [-0.4, -0.2) is 30.5 Å². The van der Waals surface area contributed by atoms with Crippen LogP contribution in [0.15, 0.2) is 5.16 Å². The van der Waals surface area contributed by atoms with Gasteiger partial charge in [0.1, 0.15) is 6.61 Å². The van der Waals surface area contributed by atoms with Crippen molar-refractivity contribution in [3.8, 4) is 0 Å². The molecule has 0 rings (SSSR count). The minimum Gasteiger partial charge on any atom is -0.396 e. The van der Waals surface area contributed by atoms with E-state index in [4.69, 9.17) is 9.39 Å². The molecule has 1 N–H and O–H groups in total. The second-order valence-electron chi connectivity index (χ2n) is 2.32. The zero-order valence-electron chi connectivity index (χ0n) is 7.72. The summed E-state index contributed by atoms with van der Waals surface area (Å²) in [6.45, 7) is 5.47. The maximum atomic E-state index is 10.4. The number of hydrogen-bond acceptors (Lipinski definition) is 5. The van der Waals surface area contributed by atoms with Crippen LogP contribution in [0.25, 0.3) is 0 Å². The number of hydrogen-bond donors (Lipinski definition) is 1. The lowest BCUT2D eigenvalue weighted by molar-refractivity contribution is 0.158. The minimum atomic E-state index is -4.01. The molecule has 78 valence electrons. The first-order valence-electron chi connectivity index (χ1n) is 3.69. The molecule has 1 atom stereocenters. The van der Waals surface area contributed by atoms with Crippen molar-refractivity contribution < 1.29 is 17.8 Å². The van der Waals surface area contributed by atoms with Crippen molar-refractivity contribution in [3.63, 3.8) is 0 Å². The van der Waals surface area contributed by atoms with E-state index in [9.17, 15) is 8.42 Å². The fourth-order valence-electron chi connectivity index (χ4n) is 0.493. The summed E-state index contributed by atoms with van der Waals surface area (Å²) in [6, 6.07) is 0. The lowest BCUT2D eigenvalue weighted by atomic mass is 10.3. The largest absolute Gasteiger partial charge is 0.396 e. The molecule has 0 fully saturated rings. The molecule has 0 saturated heterocycles. The quantitative estimate of drug-likeness (QED) is 0.332. The van der Waals surface area contributed by atoms with Gasteiger partial charge in [-0.3, -0.25) is 4.55 Å². The first-order chi connectivity index (χ1) is 5.87. The zero-order chi connectivity index (χ0) is 10.5. The molecule has 0 aromatic rings. The topological polar surface area (TPSA) is 76.0 Å². The SMILES string of the molecule is CCO/N=C(\C)[C@H](C)SS(=O)(=O)O. The van der Waals surface area contributed by atoms with Gasteiger partial charge >= 0.3 is 9.15 Å². The Morgan fingerprint density at radius 1 is 1.69 bits per heavy atom. The molecule has 0 aliphatic carbocycles. The van der Waals surface area contributed by atoms with E-state index in [0.717, 1.165) is 0 Å². The predicted molar refractivity (Wildman–Crippen MR) is 53.3 cm³/mol. The van der Waals surface area contributed by atoms with Gasteiger partial charge in [-0.1, -0.05) is 5.16 Å². The maximum Gasteiger partial charge on any atom is 0.320 e. The van der Waals surface area contributed by atoms with Gasteiger partial charge in [0, 0.05) is 10.8 Å². The molecule has 0 radical (unpaired) electrons. The van der Waals surface area contributed by atoms with Gasteiger partial charge in [-0.25, -0.2) is 0 Å². The van der Waals surface area contributed by atoms with Crippen molar-refractivity contribution in [2.24, 2.45) is 5.16 Å². The van der Waals surface area contributed by atoms with E-state index in [1.807, 2.05) is 0 Å². The average molecular weight is 227 g/mol. The van der Waals surface area contributed by atoms with E-state index in [2.05, 4.69) is 5.16 Å². The molecule has 0 unspecified atom stereocenters. The third-order valence-corrected chi connectivity index (χ3v) is 3.66. The van der Waals surface area contributed by atoms with Crippen molar-refractivity contribution in [1.29, 1.82) is 0 Å². The molecule has 7 heteroatoms. The summed E-state index contributed by atoms with van der Waals surface area (Å²) in [5, 5.41) is 3.23. The van der Waals surface area contributed by atoms with Crippen LogP contribution >= 0.6 is 10.8 Å². The molecule has 0 heterocycles. The van der Waals surface area contributed by atoms with Gasteiger partial charge < -0.3 is 4.84 Å². The van der Waals surface area contributed by atoms with Crippen LogP contribution < -0.4 is 0 Å². The van der Waals surface area contributed by atoms with Crippen LogP contribution in [0.4, 0.5) is 0 Å². The summed E-state index contributed by atoms with van der Waals surface area (Å²) in [4.78, 5) is 4.73. The third-order valence-electron chi connectivity index (χ3n) is 1.19. The summed E-state index contributed by atoms with van der Waals surface area (Å²) < 4.78 is 29.4. The molecule has 0 aromatic carbocycles. The monoisotopic (exact) mass is 227 g/mol. The normalized spacial score (nSPS) is 15.5. The Labute approximate surface area is 81.7 Å². The van der Waals surface area contributed by atoms with Crippen LogP contribution in [-0.2, 0) is 14.0 Å². The van der Waals surface area contributed by atoms with E-state index in [1.165, 1.54) is 0 Å². The van der Waals surface area contributed by atoms with Gasteiger partial charge in [-0.2, -0.15) is 8.42 Å². The third kappa shape index (κ3) is 6.85.